The molecule has 1 aromatic carbocycles. The van der Waals surface area contributed by atoms with Crippen LogP contribution in [0.2, 0.25) is 5.02 Å². The fraction of sp³-hybridized carbons (Fsp3) is 0.533. The first-order chi connectivity index (χ1) is 9.86. The number of methoxy groups -OCH3 is 1. The summed E-state index contributed by atoms with van der Waals surface area (Å²) in [5.74, 6) is 0.733. The lowest BCUT2D eigenvalue weighted by molar-refractivity contribution is -0.117. The van der Waals surface area contributed by atoms with E-state index in [0.717, 1.165) is 0 Å². The minimum absolute atomic E-state index is 0.124. The van der Waals surface area contributed by atoms with Crippen molar-refractivity contribution in [3.8, 4) is 5.75 Å². The smallest absolute Gasteiger partial charge is 0.257 e. The molecule has 1 unspecified atom stereocenters. The number of hydrogen-bond donors (Lipinski definition) is 0. The summed E-state index contributed by atoms with van der Waals surface area (Å²) in [4.78, 5) is 14.5. The fourth-order valence-electron chi connectivity index (χ4n) is 2.55. The minimum atomic E-state index is -0.431. The van der Waals surface area contributed by atoms with Gasteiger partial charge in [0.1, 0.15) is 5.75 Å². The van der Waals surface area contributed by atoms with Crippen LogP contribution in [0.15, 0.2) is 18.2 Å². The Morgan fingerprint density at radius 3 is 2.86 bits per heavy atom. The van der Waals surface area contributed by atoms with Gasteiger partial charge in [0.25, 0.3) is 5.91 Å². The van der Waals surface area contributed by atoms with E-state index in [4.69, 9.17) is 32.7 Å². The first kappa shape index (κ1) is 16.4. The summed E-state index contributed by atoms with van der Waals surface area (Å²) >= 11 is 11.9. The standard InChI is InChI=1S/C15H19Cl2NO3/c1-15(2)9-18(8-11(7-16)21-15)14(19)12-6-10(17)4-5-13(12)20-3/h4-6,11H,7-9H2,1-3H3. The van der Waals surface area contributed by atoms with Gasteiger partial charge >= 0.3 is 0 Å². The molecule has 0 bridgehead atoms. The molecule has 6 heteroatoms. The normalized spacial score (nSPS) is 21.2. The quantitative estimate of drug-likeness (QED) is 0.798. The second-order valence-electron chi connectivity index (χ2n) is 5.68. The topological polar surface area (TPSA) is 38.8 Å². The van der Waals surface area contributed by atoms with Crippen LogP contribution < -0.4 is 4.74 Å². The van der Waals surface area contributed by atoms with Crippen LogP contribution in [0.4, 0.5) is 0 Å². The Balaban J connectivity index is 2.28. The van der Waals surface area contributed by atoms with E-state index in [1.165, 1.54) is 7.11 Å². The molecule has 1 aliphatic rings. The lowest BCUT2D eigenvalue weighted by atomic mass is 10.0. The monoisotopic (exact) mass is 331 g/mol. The second kappa shape index (κ2) is 6.42. The van der Waals surface area contributed by atoms with Gasteiger partial charge in [0.15, 0.2) is 0 Å². The molecule has 0 radical (unpaired) electrons. The van der Waals surface area contributed by atoms with Crippen molar-refractivity contribution in [3.05, 3.63) is 28.8 Å². The zero-order valence-corrected chi connectivity index (χ0v) is 13.9. The number of rotatable bonds is 3. The molecule has 2 rings (SSSR count). The molecule has 1 atom stereocenters. The highest BCUT2D eigenvalue weighted by atomic mass is 35.5. The van der Waals surface area contributed by atoms with Gasteiger partial charge in [-0.3, -0.25) is 4.79 Å². The molecule has 116 valence electrons. The highest BCUT2D eigenvalue weighted by Crippen LogP contribution is 2.28. The fourth-order valence-corrected chi connectivity index (χ4v) is 2.88. The van der Waals surface area contributed by atoms with E-state index in [-0.39, 0.29) is 12.0 Å². The predicted octanol–water partition coefficient (Wildman–Crippen LogP) is 3.21. The van der Waals surface area contributed by atoms with E-state index in [0.29, 0.717) is 35.3 Å². The van der Waals surface area contributed by atoms with Gasteiger partial charge in [-0.2, -0.15) is 0 Å². The number of amides is 1. The summed E-state index contributed by atoms with van der Waals surface area (Å²) < 4.78 is 11.1. The third kappa shape index (κ3) is 3.82. The maximum atomic E-state index is 12.8. The van der Waals surface area contributed by atoms with Crippen molar-refractivity contribution in [1.29, 1.82) is 0 Å². The molecule has 1 aliphatic heterocycles. The highest BCUT2D eigenvalue weighted by Gasteiger charge is 2.36. The van der Waals surface area contributed by atoms with Gasteiger partial charge < -0.3 is 14.4 Å². The Hall–Kier alpha value is -0.970. The van der Waals surface area contributed by atoms with Crippen molar-refractivity contribution in [3.63, 3.8) is 0 Å². The van der Waals surface area contributed by atoms with E-state index in [1.807, 2.05) is 13.8 Å². The zero-order valence-electron chi connectivity index (χ0n) is 12.4. The molecule has 1 saturated heterocycles. The van der Waals surface area contributed by atoms with Gasteiger partial charge in [0.05, 0.1) is 30.3 Å². The SMILES string of the molecule is COc1ccc(Cl)cc1C(=O)N1CC(CCl)OC(C)(C)C1. The van der Waals surface area contributed by atoms with Crippen molar-refractivity contribution in [1.82, 2.24) is 4.90 Å². The third-order valence-corrected chi connectivity index (χ3v) is 3.91. The largest absolute Gasteiger partial charge is 0.496 e. The van der Waals surface area contributed by atoms with Crippen LogP contribution in [0.25, 0.3) is 0 Å². The summed E-state index contributed by atoms with van der Waals surface area (Å²) in [6.45, 7) is 4.85. The molecular weight excluding hydrogens is 313 g/mol. The van der Waals surface area contributed by atoms with Crippen LogP contribution in [-0.4, -0.2) is 48.6 Å². The molecule has 1 fully saturated rings. The first-order valence-corrected chi connectivity index (χ1v) is 7.64. The lowest BCUT2D eigenvalue weighted by Gasteiger charge is -2.42. The van der Waals surface area contributed by atoms with Gasteiger partial charge in [-0.1, -0.05) is 11.6 Å². The summed E-state index contributed by atoms with van der Waals surface area (Å²) in [5, 5.41) is 0.501. The van der Waals surface area contributed by atoms with Crippen molar-refractivity contribution < 1.29 is 14.3 Å². The van der Waals surface area contributed by atoms with E-state index in [2.05, 4.69) is 0 Å². The number of morpholine rings is 1. The van der Waals surface area contributed by atoms with Crippen LogP contribution >= 0.6 is 23.2 Å². The third-order valence-electron chi connectivity index (χ3n) is 3.33. The molecule has 1 amide bonds. The molecule has 1 aromatic rings. The number of carbonyl (C=O) groups excluding carboxylic acids is 1. The van der Waals surface area contributed by atoms with Crippen LogP contribution in [0, 0.1) is 0 Å². The Bertz CT molecular complexity index is 534. The van der Waals surface area contributed by atoms with Crippen LogP contribution in [0.5, 0.6) is 5.75 Å². The molecule has 1 heterocycles. The summed E-state index contributed by atoms with van der Waals surface area (Å²) in [6, 6.07) is 5.02. The molecule has 0 aromatic heterocycles. The number of alkyl halides is 1. The first-order valence-electron chi connectivity index (χ1n) is 6.73. The molecule has 0 N–H and O–H groups in total. The number of halogens is 2. The molecule has 4 nitrogen and oxygen atoms in total. The number of carbonyl (C=O) groups is 1. The Labute approximate surface area is 134 Å². The molecule has 21 heavy (non-hydrogen) atoms. The van der Waals surface area contributed by atoms with Gasteiger partial charge in [0, 0.05) is 18.1 Å². The maximum Gasteiger partial charge on any atom is 0.257 e. The van der Waals surface area contributed by atoms with Crippen molar-refractivity contribution >= 4 is 29.1 Å². The number of benzene rings is 1. The predicted molar refractivity (Wildman–Crippen MR) is 83.6 cm³/mol. The molecule has 0 spiro atoms. The number of hydrogen-bond acceptors (Lipinski definition) is 3. The van der Waals surface area contributed by atoms with E-state index < -0.39 is 5.60 Å². The Kier molecular flexibility index (Phi) is 5.02. The summed E-state index contributed by atoms with van der Waals surface area (Å²) in [7, 11) is 1.53. The van der Waals surface area contributed by atoms with E-state index >= 15 is 0 Å². The average molecular weight is 332 g/mol. The van der Waals surface area contributed by atoms with Crippen LogP contribution in [0.3, 0.4) is 0 Å². The second-order valence-corrected chi connectivity index (χ2v) is 6.43. The number of ether oxygens (including phenoxy) is 2. The molecule has 0 saturated carbocycles. The van der Waals surface area contributed by atoms with Crippen LogP contribution in [-0.2, 0) is 4.74 Å². The summed E-state index contributed by atoms with van der Waals surface area (Å²) in [6.07, 6.45) is -0.176. The highest BCUT2D eigenvalue weighted by molar-refractivity contribution is 6.31. The van der Waals surface area contributed by atoms with Gasteiger partial charge in [-0.15, -0.1) is 11.6 Å². The minimum Gasteiger partial charge on any atom is -0.496 e. The van der Waals surface area contributed by atoms with Crippen molar-refractivity contribution in [2.45, 2.75) is 25.6 Å². The summed E-state index contributed by atoms with van der Waals surface area (Å²) in [5.41, 5.74) is 0.0234. The Morgan fingerprint density at radius 1 is 1.52 bits per heavy atom. The van der Waals surface area contributed by atoms with E-state index in [9.17, 15) is 4.79 Å². The maximum absolute atomic E-state index is 12.8. The molecule has 0 aliphatic carbocycles. The van der Waals surface area contributed by atoms with Crippen molar-refractivity contribution in [2.24, 2.45) is 0 Å². The van der Waals surface area contributed by atoms with Crippen LogP contribution in [0.1, 0.15) is 24.2 Å². The van der Waals surface area contributed by atoms with Gasteiger partial charge in [-0.25, -0.2) is 0 Å². The average Bonchev–Trinajstić information content (AvgIpc) is 2.44. The zero-order chi connectivity index (χ0) is 15.6. The Morgan fingerprint density at radius 2 is 2.24 bits per heavy atom. The van der Waals surface area contributed by atoms with E-state index in [1.54, 1.807) is 23.1 Å². The van der Waals surface area contributed by atoms with Crippen molar-refractivity contribution in [2.75, 3.05) is 26.1 Å². The van der Waals surface area contributed by atoms with Gasteiger partial charge in [0.2, 0.25) is 0 Å². The lowest BCUT2D eigenvalue weighted by Crippen LogP contribution is -2.55. The number of nitrogens with zero attached hydrogens (tertiary/aromatic N) is 1. The van der Waals surface area contributed by atoms with Gasteiger partial charge in [-0.05, 0) is 32.0 Å². The molecular formula is C15H19Cl2NO3.